The Hall–Kier alpha value is -1.80. The normalized spacial score (nSPS) is 19.6. The van der Waals surface area contributed by atoms with Gasteiger partial charge in [0.1, 0.15) is 11.9 Å². The minimum absolute atomic E-state index is 0.0626. The Bertz CT molecular complexity index is 1040. The third kappa shape index (κ3) is 5.71. The lowest BCUT2D eigenvalue weighted by Crippen LogP contribution is -2.55. The first kappa shape index (κ1) is 23.9. The Labute approximate surface area is 185 Å². The van der Waals surface area contributed by atoms with Gasteiger partial charge in [-0.2, -0.15) is 0 Å². The number of halogens is 1. The lowest BCUT2D eigenvalue weighted by molar-refractivity contribution is 0.0532. The molecule has 1 aliphatic heterocycles. The van der Waals surface area contributed by atoms with E-state index in [9.17, 15) is 14.2 Å². The molecule has 3 heterocycles. The van der Waals surface area contributed by atoms with Crippen LogP contribution in [0.2, 0.25) is 5.15 Å². The van der Waals surface area contributed by atoms with Crippen molar-refractivity contribution in [2.24, 2.45) is 0 Å². The Morgan fingerprint density at radius 1 is 1.48 bits per heavy atom. The number of aromatic amines is 1. The van der Waals surface area contributed by atoms with Crippen LogP contribution in [0.1, 0.15) is 29.7 Å². The summed E-state index contributed by atoms with van der Waals surface area (Å²) in [6.45, 7) is 2.08. The molecule has 13 nitrogen and oxygen atoms in total. The van der Waals surface area contributed by atoms with Gasteiger partial charge in [0.25, 0.3) is 5.91 Å². The van der Waals surface area contributed by atoms with E-state index in [0.29, 0.717) is 36.8 Å². The predicted molar refractivity (Wildman–Crippen MR) is 111 cm³/mol. The molecule has 1 amide bonds. The highest BCUT2D eigenvalue weighted by Crippen LogP contribution is 2.37. The topological polar surface area (TPSA) is 172 Å². The Morgan fingerprint density at radius 3 is 2.81 bits per heavy atom. The third-order valence-corrected chi connectivity index (χ3v) is 6.42. The minimum atomic E-state index is -4.78. The van der Waals surface area contributed by atoms with Crippen molar-refractivity contribution < 1.29 is 28.4 Å². The maximum atomic E-state index is 12.9. The summed E-state index contributed by atoms with van der Waals surface area (Å²) >= 11 is 7.20. The van der Waals surface area contributed by atoms with Gasteiger partial charge in [0.15, 0.2) is 0 Å². The summed E-state index contributed by atoms with van der Waals surface area (Å²) in [7, 11) is -3.26. The SMILES string of the molecule is CCc1nc(C(=O)N[C@@H]2CCN(c3n[nH]c(=O)s3)C[C@@H]2OC)n(COP(=O)(O)O)c1Cl. The highest BCUT2D eigenvalue weighted by Gasteiger charge is 2.33. The van der Waals surface area contributed by atoms with Crippen molar-refractivity contribution in [2.45, 2.75) is 38.6 Å². The quantitative estimate of drug-likeness (QED) is 0.373. The molecule has 1 fully saturated rings. The number of amides is 1. The number of ether oxygens (including phenoxy) is 1. The molecule has 0 aliphatic carbocycles. The summed E-state index contributed by atoms with van der Waals surface area (Å²) in [5, 5.41) is 9.80. The van der Waals surface area contributed by atoms with Gasteiger partial charge in [-0.25, -0.2) is 14.6 Å². The molecule has 16 heteroatoms. The second-order valence-corrected chi connectivity index (χ2v) is 9.23. The second-order valence-electron chi connectivity index (χ2n) is 6.69. The number of hydrogen-bond acceptors (Lipinski definition) is 9. The molecular formula is C15H22ClN6O7PS. The number of phosphoric acid groups is 1. The molecule has 0 spiro atoms. The van der Waals surface area contributed by atoms with E-state index in [-0.39, 0.29) is 21.9 Å². The van der Waals surface area contributed by atoms with E-state index in [4.69, 9.17) is 26.1 Å². The van der Waals surface area contributed by atoms with E-state index >= 15 is 0 Å². The molecular weight excluding hydrogens is 475 g/mol. The lowest BCUT2D eigenvalue weighted by atomic mass is 10.0. The van der Waals surface area contributed by atoms with Crippen LogP contribution in [0.4, 0.5) is 5.13 Å². The fourth-order valence-electron chi connectivity index (χ4n) is 3.22. The molecule has 4 N–H and O–H groups in total. The zero-order valence-corrected chi connectivity index (χ0v) is 19.1. The molecule has 1 aliphatic rings. The number of aromatic nitrogens is 4. The van der Waals surface area contributed by atoms with Gasteiger partial charge in [0.2, 0.25) is 11.0 Å². The van der Waals surface area contributed by atoms with Gasteiger partial charge in [-0.15, -0.1) is 5.10 Å². The third-order valence-electron chi connectivity index (χ3n) is 4.74. The lowest BCUT2D eigenvalue weighted by Gasteiger charge is -2.37. The Balaban J connectivity index is 1.74. The summed E-state index contributed by atoms with van der Waals surface area (Å²) in [4.78, 5) is 48.1. The highest BCUT2D eigenvalue weighted by molar-refractivity contribution is 7.46. The highest BCUT2D eigenvalue weighted by atomic mass is 35.5. The molecule has 0 radical (unpaired) electrons. The predicted octanol–water partition coefficient (Wildman–Crippen LogP) is 0.334. The van der Waals surface area contributed by atoms with Crippen molar-refractivity contribution in [3.8, 4) is 0 Å². The summed E-state index contributed by atoms with van der Waals surface area (Å²) in [5.41, 5.74) is 0.396. The van der Waals surface area contributed by atoms with Crippen molar-refractivity contribution >= 4 is 41.8 Å². The average molecular weight is 497 g/mol. The van der Waals surface area contributed by atoms with Crippen LogP contribution in [0.15, 0.2) is 4.79 Å². The maximum absolute atomic E-state index is 12.9. The van der Waals surface area contributed by atoms with Gasteiger partial charge in [0.05, 0.1) is 17.8 Å². The number of nitrogens with zero attached hydrogens (tertiary/aromatic N) is 4. The number of phosphoric ester groups is 1. The van der Waals surface area contributed by atoms with Crippen LogP contribution in [-0.4, -0.2) is 67.8 Å². The van der Waals surface area contributed by atoms with E-state index in [0.717, 1.165) is 15.9 Å². The van der Waals surface area contributed by atoms with E-state index in [2.05, 4.69) is 25.0 Å². The smallest absolute Gasteiger partial charge is 0.377 e. The molecule has 0 saturated carbocycles. The van der Waals surface area contributed by atoms with Gasteiger partial charge in [-0.05, 0) is 24.2 Å². The molecule has 0 unspecified atom stereocenters. The standard InChI is InChI=1S/C15H22ClN6O7PS/c1-3-8-11(16)22(7-29-30(25,26)27)12(17-8)13(23)18-9-4-5-21(6-10(9)28-2)14-19-20-15(24)31-14/h9-10H,3-7H2,1-2H3,(H,18,23)(H,20,24)(H2,25,26,27)/t9-,10+/m1/s1. The summed E-state index contributed by atoms with van der Waals surface area (Å²) in [5.74, 6) is -0.709. The zero-order valence-electron chi connectivity index (χ0n) is 16.6. The Morgan fingerprint density at radius 2 is 2.23 bits per heavy atom. The van der Waals surface area contributed by atoms with Crippen LogP contribution in [0.3, 0.4) is 0 Å². The number of aryl methyl sites for hydroxylation is 1. The van der Waals surface area contributed by atoms with Gasteiger partial charge in [-0.3, -0.25) is 18.7 Å². The molecule has 1 saturated heterocycles. The molecule has 2 atom stereocenters. The summed E-state index contributed by atoms with van der Waals surface area (Å²) in [6.07, 6.45) is 0.521. The summed E-state index contributed by atoms with van der Waals surface area (Å²) in [6, 6.07) is -0.374. The Kier molecular flexibility index (Phi) is 7.52. The summed E-state index contributed by atoms with van der Waals surface area (Å²) < 4.78 is 22.2. The molecule has 2 aromatic rings. The van der Waals surface area contributed by atoms with Crippen LogP contribution < -0.4 is 15.1 Å². The number of H-pyrrole nitrogens is 1. The van der Waals surface area contributed by atoms with Crippen LogP contribution in [0.25, 0.3) is 0 Å². The zero-order chi connectivity index (χ0) is 22.8. The van der Waals surface area contributed by atoms with Crippen LogP contribution in [-0.2, 0) is 27.0 Å². The fraction of sp³-hybridized carbons (Fsp3) is 0.600. The molecule has 31 heavy (non-hydrogen) atoms. The van der Waals surface area contributed by atoms with Crippen molar-refractivity contribution in [2.75, 3.05) is 25.1 Å². The van der Waals surface area contributed by atoms with Gasteiger partial charge in [-0.1, -0.05) is 18.5 Å². The van der Waals surface area contributed by atoms with Gasteiger partial charge < -0.3 is 24.7 Å². The number of anilines is 1. The monoisotopic (exact) mass is 496 g/mol. The van der Waals surface area contributed by atoms with Crippen LogP contribution in [0.5, 0.6) is 0 Å². The number of rotatable bonds is 8. The second kappa shape index (κ2) is 9.77. The largest absolute Gasteiger partial charge is 0.471 e. The van der Waals surface area contributed by atoms with E-state index < -0.39 is 26.6 Å². The maximum Gasteiger partial charge on any atom is 0.471 e. The minimum Gasteiger partial charge on any atom is -0.377 e. The van der Waals surface area contributed by atoms with Gasteiger partial charge in [0, 0.05) is 20.2 Å². The number of carbonyl (C=O) groups is 1. The van der Waals surface area contributed by atoms with Crippen molar-refractivity contribution in [1.29, 1.82) is 0 Å². The van der Waals surface area contributed by atoms with Crippen LogP contribution in [0, 0.1) is 0 Å². The first-order valence-electron chi connectivity index (χ1n) is 9.22. The average Bonchev–Trinajstić information content (AvgIpc) is 3.29. The number of imidazole rings is 1. The van der Waals surface area contributed by atoms with E-state index in [1.54, 1.807) is 6.92 Å². The van der Waals surface area contributed by atoms with E-state index in [1.807, 2.05) is 4.90 Å². The van der Waals surface area contributed by atoms with Gasteiger partial charge >= 0.3 is 12.7 Å². The number of hydrogen-bond donors (Lipinski definition) is 4. The molecule has 172 valence electrons. The van der Waals surface area contributed by atoms with Crippen molar-refractivity contribution in [1.82, 2.24) is 25.1 Å². The van der Waals surface area contributed by atoms with Crippen LogP contribution >= 0.6 is 30.8 Å². The molecule has 2 aromatic heterocycles. The molecule has 0 aromatic carbocycles. The first-order valence-corrected chi connectivity index (χ1v) is 11.9. The number of carbonyl (C=O) groups excluding carboxylic acids is 1. The first-order chi connectivity index (χ1) is 14.6. The fourth-order valence-corrected chi connectivity index (χ4v) is 4.43. The molecule has 3 rings (SSSR count). The number of methoxy groups -OCH3 is 1. The van der Waals surface area contributed by atoms with Crippen molar-refractivity contribution in [3.05, 3.63) is 26.3 Å². The van der Waals surface area contributed by atoms with Crippen molar-refractivity contribution in [3.63, 3.8) is 0 Å². The number of nitrogens with one attached hydrogen (secondary N) is 2. The van der Waals surface area contributed by atoms with E-state index in [1.165, 1.54) is 7.11 Å². The number of piperidine rings is 1. The molecule has 0 bridgehead atoms.